The number of piperidine rings is 1. The number of aliphatic carboxylic acids is 1. The summed E-state index contributed by atoms with van der Waals surface area (Å²) in [5, 5.41) is 8.88. The van der Waals surface area contributed by atoms with Crippen molar-refractivity contribution in [2.75, 3.05) is 13.1 Å². The summed E-state index contributed by atoms with van der Waals surface area (Å²) in [6, 6.07) is 3.94. The Labute approximate surface area is 107 Å². The molecule has 0 aliphatic carbocycles. The lowest BCUT2D eigenvalue weighted by atomic mass is 9.97. The van der Waals surface area contributed by atoms with Crippen molar-refractivity contribution in [3.05, 3.63) is 23.7 Å². The fourth-order valence-corrected chi connectivity index (χ4v) is 2.13. The predicted molar refractivity (Wildman–Crippen MR) is 66.3 cm³/mol. The van der Waals surface area contributed by atoms with E-state index in [4.69, 9.17) is 9.52 Å². The molecule has 96 valence electrons. The number of carboxylic acids is 1. The Morgan fingerprint density at radius 3 is 2.59 bits per heavy atom. The second-order valence-corrected chi connectivity index (χ2v) is 4.40. The lowest BCUT2D eigenvalue weighted by Crippen LogP contribution is -2.35. The highest BCUT2D eigenvalue weighted by Crippen LogP contribution is 2.19. The summed E-state index contributed by atoms with van der Waals surface area (Å²) in [6.45, 7) is 4.41. The second kappa shape index (κ2) is 6.07. The van der Waals surface area contributed by atoms with E-state index in [9.17, 15) is 4.79 Å². The molecule has 17 heavy (non-hydrogen) atoms. The van der Waals surface area contributed by atoms with Gasteiger partial charge in [-0.1, -0.05) is 0 Å². The van der Waals surface area contributed by atoms with Gasteiger partial charge in [-0.15, -0.1) is 12.4 Å². The number of carboxylic acid groups (broad SMARTS) is 1. The van der Waals surface area contributed by atoms with Crippen LogP contribution in [0.1, 0.15) is 24.4 Å². The first kappa shape index (κ1) is 14.1. The molecule has 0 amide bonds. The summed E-state index contributed by atoms with van der Waals surface area (Å²) < 4.78 is 5.50. The van der Waals surface area contributed by atoms with Crippen molar-refractivity contribution in [2.24, 2.45) is 5.92 Å². The Morgan fingerprint density at radius 1 is 1.47 bits per heavy atom. The van der Waals surface area contributed by atoms with Gasteiger partial charge in [0.15, 0.2) is 0 Å². The van der Waals surface area contributed by atoms with Crippen molar-refractivity contribution in [1.82, 2.24) is 4.90 Å². The first-order valence-corrected chi connectivity index (χ1v) is 5.65. The zero-order valence-corrected chi connectivity index (χ0v) is 10.7. The quantitative estimate of drug-likeness (QED) is 0.905. The molecular formula is C12H18ClNO3. The highest BCUT2D eigenvalue weighted by molar-refractivity contribution is 5.85. The average molecular weight is 260 g/mol. The van der Waals surface area contributed by atoms with Crippen LogP contribution in [-0.4, -0.2) is 29.1 Å². The third-order valence-electron chi connectivity index (χ3n) is 3.11. The van der Waals surface area contributed by atoms with Gasteiger partial charge in [-0.25, -0.2) is 0 Å². The van der Waals surface area contributed by atoms with Crippen LogP contribution in [0.3, 0.4) is 0 Å². The van der Waals surface area contributed by atoms with E-state index in [-0.39, 0.29) is 18.3 Å². The molecule has 0 saturated carbocycles. The molecule has 2 heterocycles. The molecule has 1 aliphatic rings. The molecule has 1 fully saturated rings. The van der Waals surface area contributed by atoms with Crippen LogP contribution < -0.4 is 0 Å². The maximum atomic E-state index is 10.8. The minimum atomic E-state index is -0.659. The van der Waals surface area contributed by atoms with E-state index in [1.54, 1.807) is 0 Å². The minimum absolute atomic E-state index is 0. The monoisotopic (exact) mass is 259 g/mol. The standard InChI is InChI=1S/C12H17NO3.ClH/c1-9-2-3-11(16-9)8-13-6-4-10(5-7-13)12(14)15;/h2-3,10H,4-8H2,1H3,(H,14,15);1H. The smallest absolute Gasteiger partial charge is 0.306 e. The van der Waals surface area contributed by atoms with Gasteiger partial charge >= 0.3 is 5.97 Å². The zero-order chi connectivity index (χ0) is 11.5. The van der Waals surface area contributed by atoms with Gasteiger partial charge in [-0.2, -0.15) is 0 Å². The minimum Gasteiger partial charge on any atom is -0.481 e. The molecule has 5 heteroatoms. The molecule has 1 N–H and O–H groups in total. The number of halogens is 1. The lowest BCUT2D eigenvalue weighted by molar-refractivity contribution is -0.143. The third kappa shape index (κ3) is 3.75. The van der Waals surface area contributed by atoms with E-state index < -0.39 is 5.97 Å². The van der Waals surface area contributed by atoms with Crippen molar-refractivity contribution in [2.45, 2.75) is 26.3 Å². The predicted octanol–water partition coefficient (Wildman–Crippen LogP) is 2.31. The molecule has 0 unspecified atom stereocenters. The fourth-order valence-electron chi connectivity index (χ4n) is 2.13. The van der Waals surface area contributed by atoms with Crippen molar-refractivity contribution >= 4 is 18.4 Å². The third-order valence-corrected chi connectivity index (χ3v) is 3.11. The number of aryl methyl sites for hydroxylation is 1. The number of likely N-dealkylation sites (tertiary alicyclic amines) is 1. The van der Waals surface area contributed by atoms with Crippen molar-refractivity contribution in [3.8, 4) is 0 Å². The Morgan fingerprint density at radius 2 is 2.12 bits per heavy atom. The van der Waals surface area contributed by atoms with Crippen molar-refractivity contribution < 1.29 is 14.3 Å². The van der Waals surface area contributed by atoms with E-state index in [0.717, 1.165) is 44.0 Å². The molecule has 1 saturated heterocycles. The van der Waals surface area contributed by atoms with Gasteiger partial charge in [-0.05, 0) is 45.0 Å². The second-order valence-electron chi connectivity index (χ2n) is 4.40. The SMILES string of the molecule is Cc1ccc(CN2CCC(C(=O)O)CC2)o1.Cl. The van der Waals surface area contributed by atoms with Crippen molar-refractivity contribution in [3.63, 3.8) is 0 Å². The van der Waals surface area contributed by atoms with E-state index >= 15 is 0 Å². The highest BCUT2D eigenvalue weighted by atomic mass is 35.5. The number of furan rings is 1. The van der Waals surface area contributed by atoms with Crippen LogP contribution >= 0.6 is 12.4 Å². The van der Waals surface area contributed by atoms with Crippen LogP contribution in [-0.2, 0) is 11.3 Å². The van der Waals surface area contributed by atoms with Gasteiger partial charge in [0.2, 0.25) is 0 Å². The molecule has 0 aromatic carbocycles. The molecule has 1 aromatic heterocycles. The van der Waals surface area contributed by atoms with Gasteiger partial charge in [0.25, 0.3) is 0 Å². The summed E-state index contributed by atoms with van der Waals surface area (Å²) >= 11 is 0. The number of rotatable bonds is 3. The molecular weight excluding hydrogens is 242 g/mol. The van der Waals surface area contributed by atoms with Crippen LogP contribution in [0.2, 0.25) is 0 Å². The number of hydrogen-bond donors (Lipinski definition) is 1. The van der Waals surface area contributed by atoms with E-state index in [1.807, 2.05) is 19.1 Å². The molecule has 2 rings (SSSR count). The maximum Gasteiger partial charge on any atom is 0.306 e. The van der Waals surface area contributed by atoms with Gasteiger partial charge in [0.05, 0.1) is 12.5 Å². The molecule has 0 atom stereocenters. The number of nitrogens with zero attached hydrogens (tertiary/aromatic N) is 1. The van der Waals surface area contributed by atoms with Crippen LogP contribution in [0.4, 0.5) is 0 Å². The van der Waals surface area contributed by atoms with E-state index in [2.05, 4.69) is 4.90 Å². The number of carbonyl (C=O) groups is 1. The largest absolute Gasteiger partial charge is 0.481 e. The zero-order valence-electron chi connectivity index (χ0n) is 9.89. The van der Waals surface area contributed by atoms with Gasteiger partial charge in [0, 0.05) is 0 Å². The average Bonchev–Trinajstić information content (AvgIpc) is 2.65. The maximum absolute atomic E-state index is 10.8. The molecule has 4 nitrogen and oxygen atoms in total. The summed E-state index contributed by atoms with van der Waals surface area (Å²) in [4.78, 5) is 13.0. The molecule has 0 spiro atoms. The fraction of sp³-hybridized carbons (Fsp3) is 0.583. The first-order chi connectivity index (χ1) is 7.65. The summed E-state index contributed by atoms with van der Waals surface area (Å²) in [7, 11) is 0. The number of hydrogen-bond acceptors (Lipinski definition) is 3. The Hall–Kier alpha value is -1.00. The van der Waals surface area contributed by atoms with E-state index in [0.29, 0.717) is 0 Å². The van der Waals surface area contributed by atoms with Gasteiger partial charge in [-0.3, -0.25) is 9.69 Å². The van der Waals surface area contributed by atoms with Crippen LogP contribution in [0.15, 0.2) is 16.5 Å². The Kier molecular flexibility index (Phi) is 5.02. The molecule has 1 aliphatic heterocycles. The normalized spacial score (nSPS) is 17.7. The summed E-state index contributed by atoms with van der Waals surface area (Å²) in [5.74, 6) is 1.07. The topological polar surface area (TPSA) is 53.7 Å². The lowest BCUT2D eigenvalue weighted by Gasteiger charge is -2.29. The molecule has 0 bridgehead atoms. The highest BCUT2D eigenvalue weighted by Gasteiger charge is 2.24. The van der Waals surface area contributed by atoms with Crippen LogP contribution in [0.5, 0.6) is 0 Å². The van der Waals surface area contributed by atoms with Gasteiger partial charge < -0.3 is 9.52 Å². The van der Waals surface area contributed by atoms with Crippen LogP contribution in [0, 0.1) is 12.8 Å². The molecule has 1 aromatic rings. The molecule has 0 radical (unpaired) electrons. The van der Waals surface area contributed by atoms with Crippen molar-refractivity contribution in [1.29, 1.82) is 0 Å². The Balaban J connectivity index is 0.00000144. The van der Waals surface area contributed by atoms with Gasteiger partial charge in [0.1, 0.15) is 11.5 Å². The van der Waals surface area contributed by atoms with Crippen LogP contribution in [0.25, 0.3) is 0 Å². The summed E-state index contributed by atoms with van der Waals surface area (Å²) in [5.41, 5.74) is 0. The Bertz CT molecular complexity index is 370. The van der Waals surface area contributed by atoms with E-state index in [1.165, 1.54) is 0 Å². The summed E-state index contributed by atoms with van der Waals surface area (Å²) in [6.07, 6.45) is 1.49. The first-order valence-electron chi connectivity index (χ1n) is 5.65.